The highest BCUT2D eigenvalue weighted by Gasteiger charge is 2.27. The van der Waals surface area contributed by atoms with Crippen LogP contribution < -0.4 is 5.32 Å². The van der Waals surface area contributed by atoms with Gasteiger partial charge in [0, 0.05) is 0 Å². The lowest BCUT2D eigenvalue weighted by molar-refractivity contribution is -0.143. The van der Waals surface area contributed by atoms with Gasteiger partial charge in [0.05, 0.1) is 25.2 Å². The minimum atomic E-state index is -0.629. The molecule has 0 radical (unpaired) electrons. The summed E-state index contributed by atoms with van der Waals surface area (Å²) in [7, 11) is 0. The lowest BCUT2D eigenvalue weighted by Gasteiger charge is -2.31. The first-order valence-electron chi connectivity index (χ1n) is 7.86. The average molecular weight is 289 g/mol. The highest BCUT2D eigenvalue weighted by molar-refractivity contribution is 5.69. The SMILES string of the molecule is O=C(O)C1CCC(CNC2COCc3ccccc32)CC1. The summed E-state index contributed by atoms with van der Waals surface area (Å²) in [5.74, 6) is -0.161. The van der Waals surface area contributed by atoms with Crippen molar-refractivity contribution < 1.29 is 14.6 Å². The minimum Gasteiger partial charge on any atom is -0.481 e. The molecular weight excluding hydrogens is 266 g/mol. The lowest BCUT2D eigenvalue weighted by atomic mass is 9.82. The number of hydrogen-bond donors (Lipinski definition) is 2. The zero-order chi connectivity index (χ0) is 14.7. The Morgan fingerprint density at radius 3 is 2.76 bits per heavy atom. The van der Waals surface area contributed by atoms with Crippen molar-refractivity contribution in [2.45, 2.75) is 38.3 Å². The number of ether oxygens (including phenoxy) is 1. The first-order chi connectivity index (χ1) is 10.2. The van der Waals surface area contributed by atoms with Gasteiger partial charge in [-0.05, 0) is 49.3 Å². The van der Waals surface area contributed by atoms with E-state index in [9.17, 15) is 4.79 Å². The molecule has 1 aliphatic heterocycles. The molecule has 1 unspecified atom stereocenters. The maximum atomic E-state index is 11.0. The Hall–Kier alpha value is -1.39. The first-order valence-corrected chi connectivity index (χ1v) is 7.86. The van der Waals surface area contributed by atoms with E-state index < -0.39 is 5.97 Å². The second-order valence-electron chi connectivity index (χ2n) is 6.23. The van der Waals surface area contributed by atoms with Crippen molar-refractivity contribution >= 4 is 5.97 Å². The topological polar surface area (TPSA) is 58.6 Å². The van der Waals surface area contributed by atoms with Gasteiger partial charge in [0.1, 0.15) is 0 Å². The number of hydrogen-bond acceptors (Lipinski definition) is 3. The molecule has 1 atom stereocenters. The van der Waals surface area contributed by atoms with Crippen molar-refractivity contribution in [3.05, 3.63) is 35.4 Å². The normalized spacial score (nSPS) is 28.9. The van der Waals surface area contributed by atoms with Gasteiger partial charge in [-0.1, -0.05) is 24.3 Å². The van der Waals surface area contributed by atoms with Crippen LogP contribution in [0.5, 0.6) is 0 Å². The third kappa shape index (κ3) is 3.44. The minimum absolute atomic E-state index is 0.125. The zero-order valence-corrected chi connectivity index (χ0v) is 12.3. The zero-order valence-electron chi connectivity index (χ0n) is 12.3. The Kier molecular flexibility index (Phi) is 4.56. The van der Waals surface area contributed by atoms with Crippen LogP contribution in [-0.2, 0) is 16.1 Å². The molecule has 1 aromatic rings. The number of nitrogens with one attached hydrogen (secondary N) is 1. The number of carboxylic acid groups (broad SMARTS) is 1. The molecule has 114 valence electrons. The van der Waals surface area contributed by atoms with Crippen molar-refractivity contribution in [1.82, 2.24) is 5.32 Å². The van der Waals surface area contributed by atoms with E-state index >= 15 is 0 Å². The molecule has 2 aliphatic rings. The number of benzene rings is 1. The standard InChI is InChI=1S/C17H23NO3/c19-17(20)13-7-5-12(6-8-13)9-18-16-11-21-10-14-3-1-2-4-15(14)16/h1-4,12-13,16,18H,5-11H2,(H,19,20). The third-order valence-corrected chi connectivity index (χ3v) is 4.82. The van der Waals surface area contributed by atoms with Crippen molar-refractivity contribution in [1.29, 1.82) is 0 Å². The molecule has 1 heterocycles. The van der Waals surface area contributed by atoms with E-state index in [-0.39, 0.29) is 12.0 Å². The van der Waals surface area contributed by atoms with E-state index in [0.29, 0.717) is 12.5 Å². The molecule has 3 rings (SSSR count). The maximum Gasteiger partial charge on any atom is 0.306 e. The summed E-state index contributed by atoms with van der Waals surface area (Å²) in [6.07, 6.45) is 3.66. The van der Waals surface area contributed by atoms with Crippen LogP contribution in [0.25, 0.3) is 0 Å². The predicted octanol–water partition coefficient (Wildman–Crippen LogP) is 2.74. The van der Waals surface area contributed by atoms with Crippen LogP contribution in [0.2, 0.25) is 0 Å². The summed E-state index contributed by atoms with van der Waals surface area (Å²) in [6.45, 7) is 2.38. The molecule has 0 saturated heterocycles. The van der Waals surface area contributed by atoms with Crippen LogP contribution in [-0.4, -0.2) is 24.2 Å². The molecule has 21 heavy (non-hydrogen) atoms. The smallest absolute Gasteiger partial charge is 0.306 e. The van der Waals surface area contributed by atoms with Crippen LogP contribution in [0, 0.1) is 11.8 Å². The van der Waals surface area contributed by atoms with E-state index in [1.807, 2.05) is 0 Å². The fourth-order valence-corrected chi connectivity index (χ4v) is 3.47. The van der Waals surface area contributed by atoms with E-state index in [1.54, 1.807) is 0 Å². The van der Waals surface area contributed by atoms with Crippen LogP contribution in [0.3, 0.4) is 0 Å². The molecule has 0 bridgehead atoms. The van der Waals surface area contributed by atoms with Gasteiger partial charge in [0.25, 0.3) is 0 Å². The van der Waals surface area contributed by atoms with Crippen molar-refractivity contribution in [3.8, 4) is 0 Å². The second-order valence-corrected chi connectivity index (χ2v) is 6.23. The lowest BCUT2D eigenvalue weighted by Crippen LogP contribution is -2.35. The van der Waals surface area contributed by atoms with E-state index in [4.69, 9.17) is 9.84 Å². The van der Waals surface area contributed by atoms with E-state index in [2.05, 4.69) is 29.6 Å². The maximum absolute atomic E-state index is 11.0. The van der Waals surface area contributed by atoms with Gasteiger partial charge in [-0.25, -0.2) is 0 Å². The molecule has 0 aromatic heterocycles. The molecule has 0 spiro atoms. The summed E-state index contributed by atoms with van der Waals surface area (Å²) in [4.78, 5) is 11.0. The molecule has 1 aliphatic carbocycles. The summed E-state index contributed by atoms with van der Waals surface area (Å²) in [5.41, 5.74) is 2.62. The molecule has 1 saturated carbocycles. The predicted molar refractivity (Wildman–Crippen MR) is 79.9 cm³/mol. The van der Waals surface area contributed by atoms with Gasteiger partial charge < -0.3 is 15.2 Å². The van der Waals surface area contributed by atoms with Crippen LogP contribution in [0.1, 0.15) is 42.9 Å². The number of rotatable bonds is 4. The number of carbonyl (C=O) groups is 1. The van der Waals surface area contributed by atoms with Crippen molar-refractivity contribution in [2.24, 2.45) is 11.8 Å². The van der Waals surface area contributed by atoms with Crippen LogP contribution in [0.4, 0.5) is 0 Å². The van der Waals surface area contributed by atoms with Crippen LogP contribution in [0.15, 0.2) is 24.3 Å². The van der Waals surface area contributed by atoms with Gasteiger partial charge in [-0.3, -0.25) is 4.79 Å². The Balaban J connectivity index is 1.52. The quantitative estimate of drug-likeness (QED) is 0.895. The van der Waals surface area contributed by atoms with Gasteiger partial charge in [-0.15, -0.1) is 0 Å². The molecular formula is C17H23NO3. The number of aliphatic carboxylic acids is 1. The third-order valence-electron chi connectivity index (χ3n) is 4.82. The van der Waals surface area contributed by atoms with Crippen LogP contribution >= 0.6 is 0 Å². The van der Waals surface area contributed by atoms with Gasteiger partial charge in [-0.2, -0.15) is 0 Å². The largest absolute Gasteiger partial charge is 0.481 e. The fraction of sp³-hybridized carbons (Fsp3) is 0.588. The average Bonchev–Trinajstić information content (AvgIpc) is 2.53. The van der Waals surface area contributed by atoms with Crippen molar-refractivity contribution in [3.63, 3.8) is 0 Å². The fourth-order valence-electron chi connectivity index (χ4n) is 3.47. The Morgan fingerprint density at radius 1 is 1.24 bits per heavy atom. The Labute approximate surface area is 125 Å². The van der Waals surface area contributed by atoms with Gasteiger partial charge in [0.15, 0.2) is 0 Å². The van der Waals surface area contributed by atoms with E-state index in [1.165, 1.54) is 11.1 Å². The van der Waals surface area contributed by atoms with Gasteiger partial charge in [0.2, 0.25) is 0 Å². The van der Waals surface area contributed by atoms with E-state index in [0.717, 1.165) is 38.8 Å². The number of fused-ring (bicyclic) bond motifs is 1. The highest BCUT2D eigenvalue weighted by Crippen LogP contribution is 2.30. The monoisotopic (exact) mass is 289 g/mol. The summed E-state index contributed by atoms with van der Waals surface area (Å²) >= 11 is 0. The summed E-state index contributed by atoms with van der Waals surface area (Å²) < 4.78 is 5.66. The summed E-state index contributed by atoms with van der Waals surface area (Å²) in [5, 5.41) is 12.7. The highest BCUT2D eigenvalue weighted by atomic mass is 16.5. The molecule has 4 heteroatoms. The molecule has 2 N–H and O–H groups in total. The second kappa shape index (κ2) is 6.58. The summed E-state index contributed by atoms with van der Waals surface area (Å²) in [6, 6.07) is 8.71. The Morgan fingerprint density at radius 2 is 2.00 bits per heavy atom. The van der Waals surface area contributed by atoms with Crippen molar-refractivity contribution in [2.75, 3.05) is 13.2 Å². The molecule has 4 nitrogen and oxygen atoms in total. The molecule has 0 amide bonds. The molecule has 1 aromatic carbocycles. The number of carboxylic acids is 1. The first kappa shape index (κ1) is 14.5. The Bertz CT molecular complexity index is 495. The molecule has 1 fully saturated rings. The van der Waals surface area contributed by atoms with Gasteiger partial charge >= 0.3 is 5.97 Å².